The highest BCUT2D eigenvalue weighted by atomic mass is 32.1. The minimum atomic E-state index is -0.963. The topological polar surface area (TPSA) is 104 Å². The molecule has 146 valence electrons. The number of thiocarbonyl (C=S) groups is 1. The number of nitrogens with zero attached hydrogens (tertiary/aromatic N) is 2. The number of carbonyl (C=O) groups excluding carboxylic acids is 3. The van der Waals surface area contributed by atoms with Gasteiger partial charge in [-0.15, -0.1) is 0 Å². The highest BCUT2D eigenvalue weighted by Gasteiger charge is 2.43. The van der Waals surface area contributed by atoms with E-state index in [0.717, 1.165) is 0 Å². The Labute approximate surface area is 166 Å². The van der Waals surface area contributed by atoms with Crippen LogP contribution in [0.15, 0.2) is 47.1 Å². The molecule has 0 bridgehead atoms. The summed E-state index contributed by atoms with van der Waals surface area (Å²) < 4.78 is 10.1. The van der Waals surface area contributed by atoms with E-state index < -0.39 is 23.8 Å². The monoisotopic (exact) mass is 402 g/mol. The molecule has 1 aliphatic heterocycles. The van der Waals surface area contributed by atoms with Crippen LogP contribution < -0.4 is 15.5 Å². The van der Waals surface area contributed by atoms with Crippen LogP contribution in [0.25, 0.3) is 0 Å². The van der Waals surface area contributed by atoms with Crippen molar-refractivity contribution in [3.05, 3.63) is 48.4 Å². The van der Waals surface area contributed by atoms with Crippen LogP contribution >= 0.6 is 12.2 Å². The molecule has 2 N–H and O–H groups in total. The normalized spacial score (nSPS) is 16.3. The Balaban J connectivity index is 1.69. The third kappa shape index (κ3) is 3.96. The molecule has 1 aliphatic rings. The van der Waals surface area contributed by atoms with Gasteiger partial charge >= 0.3 is 5.91 Å². The first kappa shape index (κ1) is 19.4. The van der Waals surface area contributed by atoms with Crippen LogP contribution in [0.5, 0.6) is 5.75 Å². The third-order valence-electron chi connectivity index (χ3n) is 4.14. The predicted octanol–water partition coefficient (Wildman–Crippen LogP) is 1.39. The number of carbonyl (C=O) groups is 3. The molecule has 0 spiro atoms. The lowest BCUT2D eigenvalue weighted by molar-refractivity contribution is -0.130. The van der Waals surface area contributed by atoms with Crippen molar-refractivity contribution >= 4 is 40.7 Å². The molecule has 0 radical (unpaired) electrons. The minimum absolute atomic E-state index is 0.0613. The van der Waals surface area contributed by atoms with E-state index in [9.17, 15) is 14.4 Å². The SMILES string of the molecule is COc1ccc(NC(=O)CC2C(=O)N(C)C(=S)N2NC(=O)c2ccco2)cc1. The van der Waals surface area contributed by atoms with Gasteiger partial charge in [-0.1, -0.05) is 0 Å². The molecule has 2 heterocycles. The second-order valence-electron chi connectivity index (χ2n) is 5.96. The first-order valence-electron chi connectivity index (χ1n) is 8.30. The summed E-state index contributed by atoms with van der Waals surface area (Å²) in [7, 11) is 3.03. The van der Waals surface area contributed by atoms with E-state index >= 15 is 0 Å². The molecule has 28 heavy (non-hydrogen) atoms. The van der Waals surface area contributed by atoms with Crippen LogP contribution in [0.3, 0.4) is 0 Å². The van der Waals surface area contributed by atoms with Crippen molar-refractivity contribution < 1.29 is 23.5 Å². The molecule has 0 aliphatic carbocycles. The van der Waals surface area contributed by atoms with Crippen LogP contribution in [0.4, 0.5) is 5.69 Å². The van der Waals surface area contributed by atoms with Crippen LogP contribution in [-0.4, -0.2) is 52.9 Å². The fourth-order valence-corrected chi connectivity index (χ4v) is 2.92. The summed E-state index contributed by atoms with van der Waals surface area (Å²) in [5, 5.41) is 4.00. The van der Waals surface area contributed by atoms with Gasteiger partial charge in [-0.05, 0) is 48.6 Å². The van der Waals surface area contributed by atoms with E-state index in [1.54, 1.807) is 37.4 Å². The second-order valence-corrected chi connectivity index (χ2v) is 6.33. The molecule has 3 amide bonds. The summed E-state index contributed by atoms with van der Waals surface area (Å²) in [6.45, 7) is 0. The Kier molecular flexibility index (Phi) is 5.59. The van der Waals surface area contributed by atoms with Crippen LogP contribution in [0.2, 0.25) is 0 Å². The highest BCUT2D eigenvalue weighted by Crippen LogP contribution is 2.20. The van der Waals surface area contributed by atoms with Crippen molar-refractivity contribution in [3.63, 3.8) is 0 Å². The molecule has 10 heteroatoms. The van der Waals surface area contributed by atoms with Gasteiger partial charge in [0.05, 0.1) is 19.8 Å². The molecule has 9 nitrogen and oxygen atoms in total. The number of hydrazine groups is 1. The molecule has 3 rings (SSSR count). The van der Waals surface area contributed by atoms with E-state index in [1.807, 2.05) is 0 Å². The van der Waals surface area contributed by atoms with Crippen molar-refractivity contribution in [2.24, 2.45) is 0 Å². The van der Waals surface area contributed by atoms with Gasteiger partial charge in [0.2, 0.25) is 5.91 Å². The predicted molar refractivity (Wildman–Crippen MR) is 103 cm³/mol. The van der Waals surface area contributed by atoms with Crippen molar-refractivity contribution in [2.75, 3.05) is 19.5 Å². The molecule has 1 unspecified atom stereocenters. The first-order valence-corrected chi connectivity index (χ1v) is 8.70. The molecular weight excluding hydrogens is 384 g/mol. The summed E-state index contributed by atoms with van der Waals surface area (Å²) in [6.07, 6.45) is 1.15. The molecular formula is C18H18N4O5S. The number of rotatable bonds is 6. The Morgan fingerprint density at radius 1 is 1.25 bits per heavy atom. The number of ether oxygens (including phenoxy) is 1. The van der Waals surface area contributed by atoms with E-state index in [2.05, 4.69) is 10.7 Å². The second kappa shape index (κ2) is 8.09. The maximum absolute atomic E-state index is 12.5. The lowest BCUT2D eigenvalue weighted by Crippen LogP contribution is -2.49. The molecule has 1 aromatic heterocycles. The largest absolute Gasteiger partial charge is 0.497 e. The van der Waals surface area contributed by atoms with Gasteiger partial charge in [-0.25, -0.2) is 5.01 Å². The number of amides is 3. The first-order chi connectivity index (χ1) is 13.4. The van der Waals surface area contributed by atoms with Crippen LogP contribution in [0, 0.1) is 0 Å². The van der Waals surface area contributed by atoms with Gasteiger partial charge in [-0.2, -0.15) is 0 Å². The van der Waals surface area contributed by atoms with Crippen molar-refractivity contribution in [1.29, 1.82) is 0 Å². The van der Waals surface area contributed by atoms with E-state index in [-0.39, 0.29) is 17.3 Å². The van der Waals surface area contributed by atoms with Crippen molar-refractivity contribution in [2.45, 2.75) is 12.5 Å². The summed E-state index contributed by atoms with van der Waals surface area (Å²) >= 11 is 5.22. The molecule has 1 fully saturated rings. The zero-order valence-electron chi connectivity index (χ0n) is 15.2. The van der Waals surface area contributed by atoms with Gasteiger partial charge in [0.25, 0.3) is 5.91 Å². The summed E-state index contributed by atoms with van der Waals surface area (Å²) in [5.74, 6) is -0.654. The third-order valence-corrected chi connectivity index (χ3v) is 4.61. The van der Waals surface area contributed by atoms with Crippen LogP contribution in [0.1, 0.15) is 17.0 Å². The molecule has 2 aromatic rings. The molecule has 0 saturated carbocycles. The zero-order chi connectivity index (χ0) is 20.3. The highest BCUT2D eigenvalue weighted by molar-refractivity contribution is 7.80. The number of hydrogen-bond donors (Lipinski definition) is 2. The fraction of sp³-hybridized carbons (Fsp3) is 0.222. The number of methoxy groups -OCH3 is 1. The average Bonchev–Trinajstić information content (AvgIpc) is 3.29. The molecule has 1 saturated heterocycles. The number of benzene rings is 1. The van der Waals surface area contributed by atoms with E-state index in [1.165, 1.54) is 29.3 Å². The maximum Gasteiger partial charge on any atom is 0.305 e. The Morgan fingerprint density at radius 3 is 2.57 bits per heavy atom. The lowest BCUT2D eigenvalue weighted by Gasteiger charge is -2.23. The standard InChI is InChI=1S/C18H18N4O5S/c1-21-17(25)13(10-15(23)19-11-5-7-12(26-2)8-6-11)22(18(21)28)20-16(24)14-4-3-9-27-14/h3-9,13H,10H2,1-2H3,(H,19,23)(H,20,24). The number of likely N-dealkylation sites (N-methyl/N-ethyl adjacent to an activating group) is 1. The number of furan rings is 1. The number of anilines is 1. The van der Waals surface area contributed by atoms with Gasteiger partial charge in [0, 0.05) is 12.7 Å². The number of hydrogen-bond acceptors (Lipinski definition) is 6. The average molecular weight is 402 g/mol. The smallest absolute Gasteiger partial charge is 0.305 e. The van der Waals surface area contributed by atoms with Crippen LogP contribution in [-0.2, 0) is 9.59 Å². The van der Waals surface area contributed by atoms with E-state index in [0.29, 0.717) is 11.4 Å². The summed E-state index contributed by atoms with van der Waals surface area (Å²) in [6, 6.07) is 8.85. The van der Waals surface area contributed by atoms with Gasteiger partial charge in [0.1, 0.15) is 11.8 Å². The van der Waals surface area contributed by atoms with Gasteiger partial charge in [0.15, 0.2) is 10.9 Å². The Hall–Kier alpha value is -3.40. The minimum Gasteiger partial charge on any atom is -0.497 e. The molecule has 1 aromatic carbocycles. The van der Waals surface area contributed by atoms with Crippen molar-refractivity contribution in [1.82, 2.24) is 15.3 Å². The van der Waals surface area contributed by atoms with E-state index in [4.69, 9.17) is 21.4 Å². The van der Waals surface area contributed by atoms with Crippen molar-refractivity contribution in [3.8, 4) is 5.75 Å². The fourth-order valence-electron chi connectivity index (χ4n) is 2.66. The summed E-state index contributed by atoms with van der Waals surface area (Å²) in [4.78, 5) is 38.4. The summed E-state index contributed by atoms with van der Waals surface area (Å²) in [5.41, 5.74) is 3.08. The van der Waals surface area contributed by atoms with Gasteiger partial charge < -0.3 is 14.5 Å². The van der Waals surface area contributed by atoms with Gasteiger partial charge in [-0.3, -0.25) is 24.7 Å². The quantitative estimate of drug-likeness (QED) is 0.704. The number of nitrogens with one attached hydrogen (secondary N) is 2. The molecule has 1 atom stereocenters. The zero-order valence-corrected chi connectivity index (χ0v) is 16.0. The Bertz CT molecular complexity index is 897. The Morgan fingerprint density at radius 2 is 1.96 bits per heavy atom. The lowest BCUT2D eigenvalue weighted by atomic mass is 10.2. The maximum atomic E-state index is 12.5.